The van der Waals surface area contributed by atoms with Gasteiger partial charge in [-0.05, 0) is 25.8 Å². The Bertz CT molecular complexity index is 368. The van der Waals surface area contributed by atoms with Gasteiger partial charge in [-0.1, -0.05) is 12.8 Å². The summed E-state index contributed by atoms with van der Waals surface area (Å²) in [6, 6.07) is 0. The van der Waals surface area contributed by atoms with Crippen LogP contribution in [-0.4, -0.2) is 60.6 Å². The standard InChI is InChI=1S/C16H29N3O3/c20-14-12-17-8-7-13(14)11-18-15(21)5-6-16(22)19-9-3-1-2-4-10-19/h13-14,17,20H,1-12H2,(H,18,21)/t13-,14+/m0/s1. The van der Waals surface area contributed by atoms with E-state index in [2.05, 4.69) is 10.6 Å². The summed E-state index contributed by atoms with van der Waals surface area (Å²) < 4.78 is 0. The van der Waals surface area contributed by atoms with Crippen LogP contribution in [0, 0.1) is 5.92 Å². The van der Waals surface area contributed by atoms with Crippen LogP contribution < -0.4 is 10.6 Å². The van der Waals surface area contributed by atoms with Crippen LogP contribution in [0.3, 0.4) is 0 Å². The second kappa shape index (κ2) is 9.10. The van der Waals surface area contributed by atoms with E-state index in [1.165, 1.54) is 12.8 Å². The molecule has 22 heavy (non-hydrogen) atoms. The van der Waals surface area contributed by atoms with Crippen LogP contribution in [0.4, 0.5) is 0 Å². The smallest absolute Gasteiger partial charge is 0.223 e. The Morgan fingerprint density at radius 2 is 1.86 bits per heavy atom. The third-order valence-electron chi connectivity index (χ3n) is 4.68. The first-order valence-corrected chi connectivity index (χ1v) is 8.60. The lowest BCUT2D eigenvalue weighted by Crippen LogP contribution is -2.45. The molecule has 0 aromatic carbocycles. The van der Waals surface area contributed by atoms with Gasteiger partial charge in [-0.3, -0.25) is 9.59 Å². The van der Waals surface area contributed by atoms with Gasteiger partial charge in [0.05, 0.1) is 6.10 Å². The SMILES string of the molecule is O=C(CCC(=O)N1CCCCCC1)NC[C@@H]1CCNC[C@H]1O. The van der Waals surface area contributed by atoms with E-state index in [0.717, 1.165) is 38.9 Å². The lowest BCUT2D eigenvalue weighted by molar-refractivity contribution is -0.133. The molecule has 0 aromatic rings. The maximum absolute atomic E-state index is 12.1. The Balaban J connectivity index is 1.63. The molecule has 6 nitrogen and oxygen atoms in total. The quantitative estimate of drug-likeness (QED) is 0.680. The van der Waals surface area contributed by atoms with Crippen molar-refractivity contribution in [2.45, 2.75) is 51.0 Å². The zero-order valence-electron chi connectivity index (χ0n) is 13.4. The number of nitrogens with one attached hydrogen (secondary N) is 2. The number of carbonyl (C=O) groups is 2. The molecule has 2 aliphatic rings. The molecule has 2 fully saturated rings. The average molecular weight is 311 g/mol. The van der Waals surface area contributed by atoms with Gasteiger partial charge in [-0.25, -0.2) is 0 Å². The first kappa shape index (κ1) is 17.2. The van der Waals surface area contributed by atoms with Crippen molar-refractivity contribution in [3.8, 4) is 0 Å². The molecule has 2 amide bonds. The molecule has 0 saturated carbocycles. The average Bonchev–Trinajstić information content (AvgIpc) is 2.81. The minimum absolute atomic E-state index is 0.0890. The number of hydrogen-bond acceptors (Lipinski definition) is 4. The van der Waals surface area contributed by atoms with E-state index in [9.17, 15) is 14.7 Å². The van der Waals surface area contributed by atoms with Gasteiger partial charge < -0.3 is 20.6 Å². The monoisotopic (exact) mass is 311 g/mol. The first-order valence-electron chi connectivity index (χ1n) is 8.60. The number of piperidine rings is 1. The number of aliphatic hydroxyl groups is 1. The maximum atomic E-state index is 12.1. The zero-order valence-corrected chi connectivity index (χ0v) is 13.4. The summed E-state index contributed by atoms with van der Waals surface area (Å²) in [5, 5.41) is 15.8. The van der Waals surface area contributed by atoms with Crippen LogP contribution in [-0.2, 0) is 9.59 Å². The summed E-state index contributed by atoms with van der Waals surface area (Å²) in [5.41, 5.74) is 0. The number of β-amino-alcohol motifs (C(OH)–C–C–N with tert-alkyl or cyclic N) is 1. The molecule has 0 bridgehead atoms. The summed E-state index contributed by atoms with van der Waals surface area (Å²) in [4.78, 5) is 25.9. The summed E-state index contributed by atoms with van der Waals surface area (Å²) in [6.45, 7) is 3.64. The molecule has 6 heteroatoms. The summed E-state index contributed by atoms with van der Waals surface area (Å²) in [7, 11) is 0. The number of nitrogens with zero attached hydrogens (tertiary/aromatic N) is 1. The van der Waals surface area contributed by atoms with Crippen LogP contribution in [0.2, 0.25) is 0 Å². The van der Waals surface area contributed by atoms with E-state index in [4.69, 9.17) is 0 Å². The van der Waals surface area contributed by atoms with Crippen molar-refractivity contribution in [1.82, 2.24) is 15.5 Å². The summed E-state index contributed by atoms with van der Waals surface area (Å²) in [5.74, 6) is 0.124. The predicted molar refractivity (Wildman–Crippen MR) is 84.3 cm³/mol. The van der Waals surface area contributed by atoms with Crippen molar-refractivity contribution in [3.05, 3.63) is 0 Å². The third kappa shape index (κ3) is 5.57. The molecule has 0 unspecified atom stereocenters. The Morgan fingerprint density at radius 3 is 2.55 bits per heavy atom. The van der Waals surface area contributed by atoms with Gasteiger partial charge in [-0.2, -0.15) is 0 Å². The molecule has 126 valence electrons. The largest absolute Gasteiger partial charge is 0.391 e. The number of aliphatic hydroxyl groups excluding tert-OH is 1. The topological polar surface area (TPSA) is 81.7 Å². The lowest BCUT2D eigenvalue weighted by atomic mass is 9.95. The molecule has 0 radical (unpaired) electrons. The van der Waals surface area contributed by atoms with Gasteiger partial charge >= 0.3 is 0 Å². The molecule has 0 aliphatic carbocycles. The van der Waals surface area contributed by atoms with E-state index in [1.54, 1.807) is 0 Å². The van der Waals surface area contributed by atoms with E-state index in [0.29, 0.717) is 19.5 Å². The highest BCUT2D eigenvalue weighted by molar-refractivity contribution is 5.83. The van der Waals surface area contributed by atoms with Crippen LogP contribution in [0.15, 0.2) is 0 Å². The molecule has 2 rings (SSSR count). The molecule has 2 saturated heterocycles. The summed E-state index contributed by atoms with van der Waals surface area (Å²) in [6.07, 6.45) is 5.56. The number of carbonyl (C=O) groups excluding carboxylic acids is 2. The highest BCUT2D eigenvalue weighted by Crippen LogP contribution is 2.12. The minimum atomic E-state index is -0.396. The molecule has 3 N–H and O–H groups in total. The van der Waals surface area contributed by atoms with E-state index in [1.807, 2.05) is 4.90 Å². The lowest BCUT2D eigenvalue weighted by Gasteiger charge is -2.28. The molecule has 2 aliphatic heterocycles. The van der Waals surface area contributed by atoms with Crippen molar-refractivity contribution < 1.29 is 14.7 Å². The Kier molecular flexibility index (Phi) is 7.12. The van der Waals surface area contributed by atoms with Gasteiger partial charge in [-0.15, -0.1) is 0 Å². The van der Waals surface area contributed by atoms with E-state index >= 15 is 0 Å². The third-order valence-corrected chi connectivity index (χ3v) is 4.68. The number of amides is 2. The van der Waals surface area contributed by atoms with Gasteiger partial charge in [0.15, 0.2) is 0 Å². The van der Waals surface area contributed by atoms with Crippen LogP contribution in [0.25, 0.3) is 0 Å². The highest BCUT2D eigenvalue weighted by atomic mass is 16.3. The number of likely N-dealkylation sites (tertiary alicyclic amines) is 1. The predicted octanol–water partition coefficient (Wildman–Crippen LogP) is 0.256. The van der Waals surface area contributed by atoms with Crippen molar-refractivity contribution in [2.75, 3.05) is 32.7 Å². The van der Waals surface area contributed by atoms with Crippen molar-refractivity contribution in [1.29, 1.82) is 0 Å². The van der Waals surface area contributed by atoms with Crippen molar-refractivity contribution in [3.63, 3.8) is 0 Å². The molecule has 2 heterocycles. The fourth-order valence-electron chi connectivity index (χ4n) is 3.17. The van der Waals surface area contributed by atoms with Crippen molar-refractivity contribution >= 4 is 11.8 Å². The molecule has 0 spiro atoms. The minimum Gasteiger partial charge on any atom is -0.391 e. The van der Waals surface area contributed by atoms with Gasteiger partial charge in [0, 0.05) is 44.9 Å². The number of hydrogen-bond donors (Lipinski definition) is 3. The van der Waals surface area contributed by atoms with E-state index < -0.39 is 6.10 Å². The second-order valence-corrected chi connectivity index (χ2v) is 6.42. The Morgan fingerprint density at radius 1 is 1.14 bits per heavy atom. The molecular formula is C16H29N3O3. The van der Waals surface area contributed by atoms with E-state index in [-0.39, 0.29) is 24.2 Å². The second-order valence-electron chi connectivity index (χ2n) is 6.42. The van der Waals surface area contributed by atoms with Gasteiger partial charge in [0.2, 0.25) is 11.8 Å². The fraction of sp³-hybridized carbons (Fsp3) is 0.875. The highest BCUT2D eigenvalue weighted by Gasteiger charge is 2.23. The van der Waals surface area contributed by atoms with Gasteiger partial charge in [0.1, 0.15) is 0 Å². The Labute approximate surface area is 132 Å². The van der Waals surface area contributed by atoms with Crippen LogP contribution in [0.5, 0.6) is 0 Å². The van der Waals surface area contributed by atoms with Crippen molar-refractivity contribution in [2.24, 2.45) is 5.92 Å². The van der Waals surface area contributed by atoms with Gasteiger partial charge in [0.25, 0.3) is 0 Å². The maximum Gasteiger partial charge on any atom is 0.223 e. The zero-order chi connectivity index (χ0) is 15.8. The van der Waals surface area contributed by atoms with Crippen LogP contribution >= 0.6 is 0 Å². The Hall–Kier alpha value is -1.14. The fourth-order valence-corrected chi connectivity index (χ4v) is 3.17. The normalized spacial score (nSPS) is 26.3. The molecule has 2 atom stereocenters. The summed E-state index contributed by atoms with van der Waals surface area (Å²) >= 11 is 0. The number of rotatable bonds is 5. The van der Waals surface area contributed by atoms with Crippen LogP contribution in [0.1, 0.15) is 44.9 Å². The first-order chi connectivity index (χ1) is 10.7. The molecular weight excluding hydrogens is 282 g/mol. The molecule has 0 aromatic heterocycles.